The summed E-state index contributed by atoms with van der Waals surface area (Å²) >= 11 is 1.71. The Morgan fingerprint density at radius 1 is 0.517 bits per heavy atom. The molecule has 0 amide bonds. The number of nitrogens with zero attached hydrogens (tertiary/aromatic N) is 2. The van der Waals surface area contributed by atoms with Gasteiger partial charge in [0.25, 0.3) is 0 Å². The van der Waals surface area contributed by atoms with E-state index >= 15 is 0 Å². The summed E-state index contributed by atoms with van der Waals surface area (Å²) in [7, 11) is 0. The van der Waals surface area contributed by atoms with Crippen LogP contribution in [-0.4, -0.2) is 19.9 Å². The standard InChI is InChI=1S/C20H14N4.C4H4S/c1-2-14-10-16-5-6-18(23-16)12-20-8-7-19(24-20)11-17-4-3-15(22-17)9-13(1)21-14;1-2-4-5-3-1/h1-12,21,24H;1-4H. The molecule has 0 aliphatic carbocycles. The summed E-state index contributed by atoms with van der Waals surface area (Å²) in [4.78, 5) is 16.0. The second kappa shape index (κ2) is 7.73. The molecule has 0 unspecified atom stereocenters. The molecule has 29 heavy (non-hydrogen) atoms. The Hall–Kier alpha value is -3.70. The van der Waals surface area contributed by atoms with E-state index in [1.165, 1.54) is 0 Å². The number of rotatable bonds is 0. The lowest BCUT2D eigenvalue weighted by Gasteiger charge is -1.85. The molecule has 2 aliphatic heterocycles. The van der Waals surface area contributed by atoms with Gasteiger partial charge in [-0.1, -0.05) is 12.1 Å². The van der Waals surface area contributed by atoms with E-state index < -0.39 is 0 Å². The van der Waals surface area contributed by atoms with Crippen LogP contribution in [0.3, 0.4) is 0 Å². The van der Waals surface area contributed by atoms with E-state index in [9.17, 15) is 0 Å². The van der Waals surface area contributed by atoms with Crippen molar-refractivity contribution < 1.29 is 0 Å². The Morgan fingerprint density at radius 2 is 0.862 bits per heavy atom. The third-order valence-electron chi connectivity index (χ3n) is 4.47. The second-order valence-corrected chi connectivity index (χ2v) is 7.51. The van der Waals surface area contributed by atoms with Crippen molar-refractivity contribution in [3.8, 4) is 0 Å². The lowest BCUT2D eigenvalue weighted by atomic mass is 10.3. The maximum atomic E-state index is 4.63. The van der Waals surface area contributed by atoms with Gasteiger partial charge in [-0.15, -0.1) is 0 Å². The smallest absolute Gasteiger partial charge is 0.0658 e. The molecule has 2 N–H and O–H groups in total. The van der Waals surface area contributed by atoms with E-state index in [4.69, 9.17) is 0 Å². The first-order chi connectivity index (χ1) is 14.3. The SMILES string of the molecule is C1=Cc2cc3ccc(cc4nc(cc5ccc(cc1n2)[nH]5)C=C4)[nH]3.c1ccsc1. The van der Waals surface area contributed by atoms with Gasteiger partial charge in [-0.3, -0.25) is 0 Å². The van der Waals surface area contributed by atoms with Crippen LogP contribution >= 0.6 is 11.3 Å². The minimum absolute atomic E-state index is 0.939. The first-order valence-electron chi connectivity index (χ1n) is 9.32. The number of hydrogen-bond acceptors (Lipinski definition) is 3. The number of aromatic amines is 2. The minimum Gasteiger partial charge on any atom is -0.355 e. The van der Waals surface area contributed by atoms with Crippen molar-refractivity contribution >= 4 is 57.7 Å². The van der Waals surface area contributed by atoms with Crippen molar-refractivity contribution in [1.82, 2.24) is 19.9 Å². The van der Waals surface area contributed by atoms with E-state index in [2.05, 4.69) is 44.2 Å². The quantitative estimate of drug-likeness (QED) is 0.313. The lowest BCUT2D eigenvalue weighted by molar-refractivity contribution is 1.31. The van der Waals surface area contributed by atoms with Crippen LogP contribution in [0.5, 0.6) is 0 Å². The fourth-order valence-corrected chi connectivity index (χ4v) is 3.62. The summed E-state index contributed by atoms with van der Waals surface area (Å²) in [5, 5.41) is 4.08. The molecule has 0 fully saturated rings. The predicted octanol–water partition coefficient (Wildman–Crippen LogP) is 6.40. The van der Waals surface area contributed by atoms with Gasteiger partial charge in [0.2, 0.25) is 0 Å². The monoisotopic (exact) mass is 394 g/mol. The molecule has 140 valence electrons. The molecule has 6 rings (SSSR count). The molecule has 6 heterocycles. The van der Waals surface area contributed by atoms with Gasteiger partial charge in [0, 0.05) is 22.1 Å². The number of fused-ring (bicyclic) bond motifs is 8. The zero-order valence-electron chi connectivity index (χ0n) is 15.5. The second-order valence-electron chi connectivity index (χ2n) is 6.70. The predicted molar refractivity (Wildman–Crippen MR) is 123 cm³/mol. The van der Waals surface area contributed by atoms with Gasteiger partial charge in [0.15, 0.2) is 0 Å². The van der Waals surface area contributed by atoms with Crippen molar-refractivity contribution in [1.29, 1.82) is 0 Å². The van der Waals surface area contributed by atoms with E-state index in [-0.39, 0.29) is 0 Å². The molecule has 0 aromatic carbocycles. The highest BCUT2D eigenvalue weighted by molar-refractivity contribution is 7.07. The fraction of sp³-hybridized carbons (Fsp3) is 0. The Morgan fingerprint density at radius 3 is 1.14 bits per heavy atom. The van der Waals surface area contributed by atoms with E-state index in [1.807, 2.05) is 71.5 Å². The first-order valence-corrected chi connectivity index (χ1v) is 10.3. The van der Waals surface area contributed by atoms with Crippen LogP contribution in [0, 0.1) is 0 Å². The number of H-pyrrole nitrogens is 2. The minimum atomic E-state index is 0.939. The summed E-state index contributed by atoms with van der Waals surface area (Å²) < 4.78 is 0. The molecular formula is C24H18N4S. The van der Waals surface area contributed by atoms with Gasteiger partial charge in [-0.05, 0) is 83.6 Å². The van der Waals surface area contributed by atoms with Crippen molar-refractivity contribution in [2.24, 2.45) is 0 Å². The summed E-state index contributed by atoms with van der Waals surface area (Å²) in [5.41, 5.74) is 7.86. The topological polar surface area (TPSA) is 57.4 Å². The molecule has 4 nitrogen and oxygen atoms in total. The Balaban J connectivity index is 0.000000319. The van der Waals surface area contributed by atoms with E-state index in [0.29, 0.717) is 0 Å². The van der Waals surface area contributed by atoms with Crippen LogP contribution in [-0.2, 0) is 0 Å². The van der Waals surface area contributed by atoms with Gasteiger partial charge in [-0.25, -0.2) is 9.97 Å². The highest BCUT2D eigenvalue weighted by Gasteiger charge is 2.01. The maximum absolute atomic E-state index is 4.63. The van der Waals surface area contributed by atoms with Crippen LogP contribution in [0.15, 0.2) is 71.4 Å². The molecule has 5 heteroatoms. The molecule has 0 saturated carbocycles. The molecule has 4 aromatic rings. The first kappa shape index (κ1) is 17.4. The zero-order chi connectivity index (χ0) is 19.5. The average molecular weight is 395 g/mol. The van der Waals surface area contributed by atoms with Crippen molar-refractivity contribution in [2.75, 3.05) is 0 Å². The molecule has 0 spiro atoms. The van der Waals surface area contributed by atoms with Gasteiger partial charge < -0.3 is 9.97 Å². The molecule has 0 radical (unpaired) electrons. The Kier molecular flexibility index (Phi) is 4.64. The molecule has 0 atom stereocenters. The highest BCUT2D eigenvalue weighted by Crippen LogP contribution is 2.16. The van der Waals surface area contributed by atoms with Crippen LogP contribution in [0.1, 0.15) is 22.8 Å². The van der Waals surface area contributed by atoms with Gasteiger partial charge in [0.05, 0.1) is 22.8 Å². The van der Waals surface area contributed by atoms with Gasteiger partial charge in [0.1, 0.15) is 0 Å². The van der Waals surface area contributed by atoms with Crippen LogP contribution in [0.4, 0.5) is 0 Å². The molecule has 2 aliphatic rings. The number of thiophene rings is 1. The zero-order valence-corrected chi connectivity index (χ0v) is 16.4. The van der Waals surface area contributed by atoms with Gasteiger partial charge in [-0.2, -0.15) is 11.3 Å². The number of nitrogens with one attached hydrogen (secondary N) is 2. The largest absolute Gasteiger partial charge is 0.355 e. The lowest BCUT2D eigenvalue weighted by Crippen LogP contribution is -1.75. The summed E-state index contributed by atoms with van der Waals surface area (Å²) in [6, 6.07) is 20.4. The summed E-state index contributed by atoms with van der Waals surface area (Å²) in [6.07, 6.45) is 8.09. The molecule has 0 saturated heterocycles. The molecule has 8 bridgehead atoms. The molecule has 4 aromatic heterocycles. The average Bonchev–Trinajstić information content (AvgIpc) is 3.50. The summed E-state index contributed by atoms with van der Waals surface area (Å²) in [6.45, 7) is 0. The van der Waals surface area contributed by atoms with Gasteiger partial charge >= 0.3 is 0 Å². The maximum Gasteiger partial charge on any atom is 0.0658 e. The van der Waals surface area contributed by atoms with Crippen LogP contribution in [0.25, 0.3) is 46.4 Å². The van der Waals surface area contributed by atoms with E-state index in [1.54, 1.807) is 11.3 Å². The Labute approximate surface area is 172 Å². The third kappa shape index (κ3) is 4.25. The van der Waals surface area contributed by atoms with Crippen molar-refractivity contribution in [2.45, 2.75) is 0 Å². The highest BCUT2D eigenvalue weighted by atomic mass is 32.1. The summed E-state index contributed by atoms with van der Waals surface area (Å²) in [5.74, 6) is 0. The number of hydrogen-bond donors (Lipinski definition) is 2. The Bertz CT molecular complexity index is 1160. The van der Waals surface area contributed by atoms with Crippen molar-refractivity contribution in [3.63, 3.8) is 0 Å². The van der Waals surface area contributed by atoms with E-state index in [0.717, 1.165) is 44.8 Å². The molecular weight excluding hydrogens is 376 g/mol. The number of aromatic nitrogens is 4. The van der Waals surface area contributed by atoms with Crippen molar-refractivity contribution in [3.05, 3.63) is 94.2 Å². The van der Waals surface area contributed by atoms with Crippen LogP contribution < -0.4 is 0 Å². The van der Waals surface area contributed by atoms with Crippen LogP contribution in [0.2, 0.25) is 0 Å². The third-order valence-corrected chi connectivity index (χ3v) is 5.10. The normalized spacial score (nSPS) is 11.9. The fourth-order valence-electron chi connectivity index (χ4n) is 3.17.